The lowest BCUT2D eigenvalue weighted by Gasteiger charge is -2.47. The van der Waals surface area contributed by atoms with Gasteiger partial charge in [-0.15, -0.1) is 0 Å². The van der Waals surface area contributed by atoms with E-state index in [2.05, 4.69) is 0 Å². The number of carbonyl (C=O) groups excluding carboxylic acids is 1. The maximum Gasteiger partial charge on any atom is 0.450 e. The number of halogens is 6. The zero-order chi connectivity index (χ0) is 23.2. The molecular weight excluding hydrogens is 450 g/mol. The highest BCUT2D eigenvalue weighted by Crippen LogP contribution is 2.58. The molecule has 11 heteroatoms. The molecule has 0 radical (unpaired) electrons. The molecule has 0 unspecified atom stereocenters. The van der Waals surface area contributed by atoms with Gasteiger partial charge in [0.2, 0.25) is 5.78 Å². The fourth-order valence-electron chi connectivity index (χ4n) is 3.97. The van der Waals surface area contributed by atoms with Crippen molar-refractivity contribution >= 4 is 15.6 Å². The summed E-state index contributed by atoms with van der Waals surface area (Å²) >= 11 is 0. The number of Topliss-reactive ketones (excluding diaryl/α,β-unsaturated/α-hetero) is 1. The molecule has 1 N–H and O–H groups in total. The summed E-state index contributed by atoms with van der Waals surface area (Å²) in [5.41, 5.74) is -4.82. The molecule has 3 rings (SSSR count). The van der Waals surface area contributed by atoms with Crippen LogP contribution in [0.1, 0.15) is 28.0 Å². The fourth-order valence-corrected chi connectivity index (χ4v) is 6.61. The molecular formula is C20H16F6O4S. The Morgan fingerprint density at radius 2 is 1.32 bits per heavy atom. The third-order valence-corrected chi connectivity index (χ3v) is 7.90. The number of carbonyl (C=O) groups is 1. The maximum atomic E-state index is 14.0. The second-order valence-corrected chi connectivity index (χ2v) is 9.54. The molecule has 0 saturated carbocycles. The number of benzene rings is 2. The first-order chi connectivity index (χ1) is 14.2. The van der Waals surface area contributed by atoms with Crippen LogP contribution in [0.15, 0.2) is 60.7 Å². The summed E-state index contributed by atoms with van der Waals surface area (Å²) < 4.78 is 109. The van der Waals surface area contributed by atoms with Gasteiger partial charge in [0.1, 0.15) is 5.25 Å². The number of sulfone groups is 1. The first kappa shape index (κ1) is 23.3. The lowest BCUT2D eigenvalue weighted by Crippen LogP contribution is -2.63. The van der Waals surface area contributed by atoms with Gasteiger partial charge in [-0.3, -0.25) is 4.79 Å². The molecule has 2 aromatic rings. The summed E-state index contributed by atoms with van der Waals surface area (Å²) in [5, 5.41) is 6.04. The van der Waals surface area contributed by atoms with Crippen LogP contribution in [0.4, 0.5) is 26.3 Å². The van der Waals surface area contributed by atoms with Crippen molar-refractivity contribution in [2.75, 3.05) is 0 Å². The average molecular weight is 466 g/mol. The van der Waals surface area contributed by atoms with Crippen molar-refractivity contribution < 1.29 is 44.7 Å². The van der Waals surface area contributed by atoms with E-state index in [4.69, 9.17) is 0 Å². The Morgan fingerprint density at radius 3 is 1.74 bits per heavy atom. The van der Waals surface area contributed by atoms with E-state index < -0.39 is 62.0 Å². The Labute approximate surface area is 173 Å². The van der Waals surface area contributed by atoms with Gasteiger partial charge in [-0.2, -0.15) is 26.3 Å². The smallest absolute Gasteiger partial charge is 0.380 e. The number of alkyl halides is 6. The largest absolute Gasteiger partial charge is 0.450 e. The van der Waals surface area contributed by atoms with Gasteiger partial charge in [-0.05, 0) is 11.1 Å². The van der Waals surface area contributed by atoms with Crippen molar-refractivity contribution in [3.8, 4) is 0 Å². The van der Waals surface area contributed by atoms with E-state index in [0.29, 0.717) is 0 Å². The van der Waals surface area contributed by atoms with Crippen molar-refractivity contribution in [2.24, 2.45) is 5.92 Å². The maximum absolute atomic E-state index is 14.0. The summed E-state index contributed by atoms with van der Waals surface area (Å²) in [5.74, 6) is -6.27. The normalized spacial score (nSPS) is 28.8. The molecule has 2 aromatic carbocycles. The summed E-state index contributed by atoms with van der Waals surface area (Å²) in [7, 11) is -4.84. The predicted molar refractivity (Wildman–Crippen MR) is 97.5 cm³/mol. The van der Waals surface area contributed by atoms with E-state index in [9.17, 15) is 44.7 Å². The molecule has 1 saturated heterocycles. The molecule has 0 amide bonds. The summed E-state index contributed by atoms with van der Waals surface area (Å²) in [6.07, 6.45) is -13.2. The highest BCUT2D eigenvalue weighted by molar-refractivity contribution is 7.92. The highest BCUT2D eigenvalue weighted by Gasteiger charge is 2.72. The van der Waals surface area contributed by atoms with E-state index in [-0.39, 0.29) is 5.56 Å². The van der Waals surface area contributed by atoms with E-state index >= 15 is 0 Å². The van der Waals surface area contributed by atoms with Gasteiger partial charge < -0.3 is 5.11 Å². The van der Waals surface area contributed by atoms with Crippen LogP contribution in [-0.2, 0) is 14.6 Å². The van der Waals surface area contributed by atoms with Gasteiger partial charge in [0.25, 0.3) is 0 Å². The summed E-state index contributed by atoms with van der Waals surface area (Å²) in [6, 6.07) is 12.4. The number of hydrogen-bond donors (Lipinski definition) is 1. The Hall–Kier alpha value is -2.40. The first-order valence-corrected chi connectivity index (χ1v) is 10.5. The minimum Gasteiger partial charge on any atom is -0.380 e. The quantitative estimate of drug-likeness (QED) is 0.684. The van der Waals surface area contributed by atoms with Crippen LogP contribution in [0.5, 0.6) is 0 Å². The monoisotopic (exact) mass is 466 g/mol. The molecule has 0 aliphatic carbocycles. The van der Waals surface area contributed by atoms with Crippen molar-refractivity contribution in [3.63, 3.8) is 0 Å². The van der Waals surface area contributed by atoms with Crippen LogP contribution in [0.2, 0.25) is 0 Å². The van der Waals surface area contributed by atoms with Crippen molar-refractivity contribution in [1.29, 1.82) is 0 Å². The molecule has 1 heterocycles. The number of aliphatic hydroxyl groups is 1. The third kappa shape index (κ3) is 3.96. The topological polar surface area (TPSA) is 71.4 Å². The van der Waals surface area contributed by atoms with Crippen molar-refractivity contribution in [2.45, 2.75) is 34.9 Å². The molecule has 4 atom stereocenters. The lowest BCUT2D eigenvalue weighted by atomic mass is 9.74. The summed E-state index contributed by atoms with van der Waals surface area (Å²) in [4.78, 5) is 12.1. The number of ketones is 1. The van der Waals surface area contributed by atoms with E-state index in [1.807, 2.05) is 0 Å². The Balaban J connectivity index is 2.35. The van der Waals surface area contributed by atoms with E-state index in [1.54, 1.807) is 0 Å². The van der Waals surface area contributed by atoms with E-state index in [1.165, 1.54) is 48.5 Å². The first-order valence-electron chi connectivity index (χ1n) is 8.94. The van der Waals surface area contributed by atoms with E-state index in [0.717, 1.165) is 12.1 Å². The van der Waals surface area contributed by atoms with Crippen molar-refractivity contribution in [1.82, 2.24) is 0 Å². The zero-order valence-electron chi connectivity index (χ0n) is 15.6. The van der Waals surface area contributed by atoms with Crippen LogP contribution >= 0.6 is 0 Å². The van der Waals surface area contributed by atoms with Crippen LogP contribution in [0, 0.1) is 5.92 Å². The van der Waals surface area contributed by atoms with Crippen molar-refractivity contribution in [3.05, 3.63) is 71.8 Å². The van der Waals surface area contributed by atoms with Crippen LogP contribution in [0.25, 0.3) is 0 Å². The molecule has 31 heavy (non-hydrogen) atoms. The number of hydrogen-bond acceptors (Lipinski definition) is 4. The Morgan fingerprint density at radius 1 is 0.871 bits per heavy atom. The summed E-state index contributed by atoms with van der Waals surface area (Å²) in [6.45, 7) is 0. The van der Waals surface area contributed by atoms with Gasteiger partial charge >= 0.3 is 12.4 Å². The fraction of sp³-hybridized carbons (Fsp3) is 0.350. The van der Waals surface area contributed by atoms with Gasteiger partial charge in [-0.25, -0.2) is 8.42 Å². The molecule has 0 aromatic heterocycles. The molecule has 0 spiro atoms. The molecule has 1 fully saturated rings. The predicted octanol–water partition coefficient (Wildman–Crippen LogP) is 4.33. The Kier molecular flexibility index (Phi) is 5.72. The van der Waals surface area contributed by atoms with Gasteiger partial charge in [0.15, 0.2) is 15.4 Å². The van der Waals surface area contributed by atoms with Gasteiger partial charge in [0.05, 0.1) is 11.2 Å². The second kappa shape index (κ2) is 7.63. The Bertz CT molecular complexity index is 1050. The average Bonchev–Trinajstić information content (AvgIpc) is 2.68. The highest BCUT2D eigenvalue weighted by atomic mass is 32.2. The molecule has 168 valence electrons. The van der Waals surface area contributed by atoms with Gasteiger partial charge in [0, 0.05) is 6.42 Å². The molecule has 1 aliphatic heterocycles. The standard InChI is InChI=1S/C20H16F6O4S/c21-19(22,23)17(27)15-16(13-9-5-2-6-10-13)31(29,30)14(12-7-3-1-4-8-12)11-18(15,28)20(24,25)26/h1-10,14-16,28H,11H2/t14-,15+,16-,18+/m0/s1. The molecule has 4 nitrogen and oxygen atoms in total. The second-order valence-electron chi connectivity index (χ2n) is 7.29. The van der Waals surface area contributed by atoms with Gasteiger partial charge in [-0.1, -0.05) is 60.7 Å². The minimum absolute atomic E-state index is 0.135. The van der Waals surface area contributed by atoms with Crippen LogP contribution in [-0.4, -0.2) is 37.3 Å². The zero-order valence-corrected chi connectivity index (χ0v) is 16.4. The number of rotatable bonds is 3. The molecule has 0 bridgehead atoms. The third-order valence-electron chi connectivity index (χ3n) is 5.42. The lowest BCUT2D eigenvalue weighted by molar-refractivity contribution is -0.285. The van der Waals surface area contributed by atoms with Crippen LogP contribution < -0.4 is 0 Å². The minimum atomic E-state index is -5.80. The SMILES string of the molecule is O=C([C@H]1[C@H](c2ccccc2)S(=O)(=O)[C@H](c2ccccc2)C[C@]1(O)C(F)(F)F)C(F)(F)F. The molecule has 1 aliphatic rings. The van der Waals surface area contributed by atoms with Crippen LogP contribution in [0.3, 0.4) is 0 Å².